The van der Waals surface area contributed by atoms with E-state index in [2.05, 4.69) is 22.9 Å². The van der Waals surface area contributed by atoms with E-state index in [1.165, 1.54) is 12.8 Å². The molecule has 1 aliphatic carbocycles. The van der Waals surface area contributed by atoms with Crippen LogP contribution < -0.4 is 10.5 Å². The van der Waals surface area contributed by atoms with Crippen molar-refractivity contribution in [3.05, 3.63) is 28.2 Å². The van der Waals surface area contributed by atoms with Crippen LogP contribution >= 0.6 is 15.9 Å². The van der Waals surface area contributed by atoms with Crippen molar-refractivity contribution in [3.8, 4) is 5.75 Å². The minimum atomic E-state index is -0.515. The van der Waals surface area contributed by atoms with E-state index >= 15 is 0 Å². The molecule has 0 radical (unpaired) electrons. The molecule has 1 aromatic carbocycles. The van der Waals surface area contributed by atoms with E-state index < -0.39 is 6.10 Å². The first-order valence-electron chi connectivity index (χ1n) is 7.78. The van der Waals surface area contributed by atoms with Gasteiger partial charge in [0.05, 0.1) is 17.7 Å². The fraction of sp³-hybridized carbons (Fsp3) is 0.647. The summed E-state index contributed by atoms with van der Waals surface area (Å²) < 4.78 is 6.13. The Kier molecular flexibility index (Phi) is 5.69. The Labute approximate surface area is 136 Å². The molecule has 1 saturated carbocycles. The summed E-state index contributed by atoms with van der Waals surface area (Å²) >= 11 is 3.50. The molecule has 3 unspecified atom stereocenters. The first-order chi connectivity index (χ1) is 10.1. The fourth-order valence-corrected chi connectivity index (χ4v) is 4.18. The number of halogens is 1. The van der Waals surface area contributed by atoms with Gasteiger partial charge in [-0.05, 0) is 52.4 Å². The molecule has 21 heavy (non-hydrogen) atoms. The molecule has 3 nitrogen and oxygen atoms in total. The van der Waals surface area contributed by atoms with Crippen LogP contribution in [-0.4, -0.2) is 18.8 Å². The number of rotatable bonds is 5. The van der Waals surface area contributed by atoms with Crippen LogP contribution in [0.25, 0.3) is 0 Å². The molecule has 2 rings (SSSR count). The molecule has 0 heterocycles. The van der Waals surface area contributed by atoms with Crippen LogP contribution in [0.15, 0.2) is 22.7 Å². The summed E-state index contributed by atoms with van der Waals surface area (Å²) in [5.41, 5.74) is 6.82. The molecule has 0 spiro atoms. The molecule has 0 saturated heterocycles. The van der Waals surface area contributed by atoms with Crippen molar-refractivity contribution in [1.29, 1.82) is 0 Å². The third-order valence-corrected chi connectivity index (χ3v) is 5.66. The van der Waals surface area contributed by atoms with Gasteiger partial charge in [0.1, 0.15) is 5.75 Å². The zero-order valence-electron chi connectivity index (χ0n) is 12.9. The van der Waals surface area contributed by atoms with Crippen molar-refractivity contribution in [2.24, 2.45) is 17.1 Å². The smallest absolute Gasteiger partial charge is 0.133 e. The van der Waals surface area contributed by atoms with Crippen molar-refractivity contribution >= 4 is 15.9 Å². The Balaban J connectivity index is 2.27. The lowest BCUT2D eigenvalue weighted by molar-refractivity contribution is -0.0162. The summed E-state index contributed by atoms with van der Waals surface area (Å²) in [6.45, 7) is 2.77. The summed E-state index contributed by atoms with van der Waals surface area (Å²) in [4.78, 5) is 0. The zero-order chi connectivity index (χ0) is 15.5. The van der Waals surface area contributed by atoms with Gasteiger partial charge in [0.25, 0.3) is 0 Å². The van der Waals surface area contributed by atoms with Gasteiger partial charge in [0, 0.05) is 12.0 Å². The number of benzene rings is 1. The molecule has 118 valence electrons. The maximum atomic E-state index is 11.0. The van der Waals surface area contributed by atoms with Crippen LogP contribution in [0.2, 0.25) is 0 Å². The van der Waals surface area contributed by atoms with Crippen molar-refractivity contribution in [2.75, 3.05) is 13.7 Å². The molecule has 4 heteroatoms. The number of aliphatic hydroxyl groups excluding tert-OH is 1. The van der Waals surface area contributed by atoms with E-state index in [1.807, 2.05) is 18.2 Å². The van der Waals surface area contributed by atoms with Crippen LogP contribution in [0.3, 0.4) is 0 Å². The van der Waals surface area contributed by atoms with Crippen molar-refractivity contribution < 1.29 is 9.84 Å². The highest BCUT2D eigenvalue weighted by Gasteiger charge is 2.41. The average Bonchev–Trinajstić information content (AvgIpc) is 2.53. The minimum absolute atomic E-state index is 0.188. The summed E-state index contributed by atoms with van der Waals surface area (Å²) in [6.07, 6.45) is 5.09. The normalized spacial score (nSPS) is 27.4. The molecular weight excluding hydrogens is 330 g/mol. The largest absolute Gasteiger partial charge is 0.496 e. The molecule has 3 atom stereocenters. The zero-order valence-corrected chi connectivity index (χ0v) is 14.5. The van der Waals surface area contributed by atoms with E-state index in [0.29, 0.717) is 12.5 Å². The van der Waals surface area contributed by atoms with E-state index in [9.17, 15) is 5.11 Å². The molecule has 0 aromatic heterocycles. The standard InChI is InChI=1S/C17H26BrNO2/c1-3-12-5-4-8-17(10-12,11-19)16(20)13-6-7-15(21-2)14(18)9-13/h6-7,9,12,16,20H,3-5,8,10-11,19H2,1-2H3. The second kappa shape index (κ2) is 7.12. The van der Waals surface area contributed by atoms with E-state index in [-0.39, 0.29) is 5.41 Å². The molecule has 1 fully saturated rings. The van der Waals surface area contributed by atoms with Crippen LogP contribution in [0.1, 0.15) is 50.7 Å². The number of hydrogen-bond acceptors (Lipinski definition) is 3. The van der Waals surface area contributed by atoms with Crippen molar-refractivity contribution in [2.45, 2.75) is 45.1 Å². The van der Waals surface area contributed by atoms with Crippen LogP contribution in [0.4, 0.5) is 0 Å². The number of aliphatic hydroxyl groups is 1. The van der Waals surface area contributed by atoms with Gasteiger partial charge in [-0.15, -0.1) is 0 Å². The Hall–Kier alpha value is -0.580. The van der Waals surface area contributed by atoms with Crippen LogP contribution in [0, 0.1) is 11.3 Å². The van der Waals surface area contributed by atoms with Gasteiger partial charge >= 0.3 is 0 Å². The number of methoxy groups -OCH3 is 1. The number of hydrogen-bond donors (Lipinski definition) is 2. The van der Waals surface area contributed by atoms with E-state index in [4.69, 9.17) is 10.5 Å². The summed E-state index contributed by atoms with van der Waals surface area (Å²) in [6, 6.07) is 5.80. The highest BCUT2D eigenvalue weighted by Crippen LogP contribution is 2.48. The van der Waals surface area contributed by atoms with Crippen LogP contribution in [0.5, 0.6) is 5.75 Å². The average molecular weight is 356 g/mol. The molecule has 3 N–H and O–H groups in total. The third kappa shape index (κ3) is 3.43. The van der Waals surface area contributed by atoms with Gasteiger partial charge in [-0.3, -0.25) is 0 Å². The summed E-state index contributed by atoms with van der Waals surface area (Å²) in [7, 11) is 1.64. The lowest BCUT2D eigenvalue weighted by Gasteiger charge is -2.43. The second-order valence-corrected chi connectivity index (χ2v) is 7.09. The van der Waals surface area contributed by atoms with Gasteiger partial charge in [0.2, 0.25) is 0 Å². The SMILES string of the molecule is CCC1CCCC(CN)(C(O)c2ccc(OC)c(Br)c2)C1. The fourth-order valence-electron chi connectivity index (χ4n) is 3.62. The van der Waals surface area contributed by atoms with E-state index in [0.717, 1.165) is 35.0 Å². The predicted molar refractivity (Wildman–Crippen MR) is 89.4 cm³/mol. The molecule has 1 aliphatic rings. The third-order valence-electron chi connectivity index (χ3n) is 5.04. The summed E-state index contributed by atoms with van der Waals surface area (Å²) in [5.74, 6) is 1.46. The van der Waals surface area contributed by atoms with Crippen LogP contribution in [-0.2, 0) is 0 Å². The topological polar surface area (TPSA) is 55.5 Å². The van der Waals surface area contributed by atoms with Gasteiger partial charge in [-0.2, -0.15) is 0 Å². The Morgan fingerprint density at radius 3 is 2.86 bits per heavy atom. The predicted octanol–water partition coefficient (Wildman–Crippen LogP) is 4.04. The molecular formula is C17H26BrNO2. The van der Waals surface area contributed by atoms with Crippen molar-refractivity contribution in [3.63, 3.8) is 0 Å². The van der Waals surface area contributed by atoms with Gasteiger partial charge in [-0.1, -0.05) is 32.3 Å². The van der Waals surface area contributed by atoms with Gasteiger partial charge < -0.3 is 15.6 Å². The highest BCUT2D eigenvalue weighted by atomic mass is 79.9. The minimum Gasteiger partial charge on any atom is -0.496 e. The number of ether oxygens (including phenoxy) is 1. The first kappa shape index (κ1) is 16.8. The second-order valence-electron chi connectivity index (χ2n) is 6.23. The lowest BCUT2D eigenvalue weighted by atomic mass is 9.64. The lowest BCUT2D eigenvalue weighted by Crippen LogP contribution is -2.41. The maximum absolute atomic E-state index is 11.0. The van der Waals surface area contributed by atoms with Gasteiger partial charge in [-0.25, -0.2) is 0 Å². The summed E-state index contributed by atoms with van der Waals surface area (Å²) in [5, 5.41) is 11.0. The Bertz CT molecular complexity index is 480. The Morgan fingerprint density at radius 1 is 1.52 bits per heavy atom. The molecule has 0 amide bonds. The first-order valence-corrected chi connectivity index (χ1v) is 8.57. The Morgan fingerprint density at radius 2 is 2.29 bits per heavy atom. The molecule has 1 aromatic rings. The maximum Gasteiger partial charge on any atom is 0.133 e. The van der Waals surface area contributed by atoms with Gasteiger partial charge in [0.15, 0.2) is 0 Å². The molecule has 0 bridgehead atoms. The monoisotopic (exact) mass is 355 g/mol. The quantitative estimate of drug-likeness (QED) is 0.837. The van der Waals surface area contributed by atoms with E-state index in [1.54, 1.807) is 7.11 Å². The highest BCUT2D eigenvalue weighted by molar-refractivity contribution is 9.10. The molecule has 0 aliphatic heterocycles. The number of nitrogens with two attached hydrogens (primary N) is 1. The van der Waals surface area contributed by atoms with Crippen molar-refractivity contribution in [1.82, 2.24) is 0 Å².